The van der Waals surface area contributed by atoms with Crippen molar-refractivity contribution in [3.8, 4) is 5.88 Å². The summed E-state index contributed by atoms with van der Waals surface area (Å²) < 4.78 is 7.12. The number of nitrogens with zero attached hydrogens (tertiary/aromatic N) is 2. The third-order valence-corrected chi connectivity index (χ3v) is 6.14. The Morgan fingerprint density at radius 2 is 2.04 bits per heavy atom. The van der Waals surface area contributed by atoms with Gasteiger partial charge < -0.3 is 4.74 Å². The van der Waals surface area contributed by atoms with Crippen molar-refractivity contribution in [3.63, 3.8) is 0 Å². The maximum Gasteiger partial charge on any atom is 0.224 e. The number of fused-ring (bicyclic) bond motifs is 1. The normalized spacial score (nSPS) is 21.1. The second-order valence-electron chi connectivity index (χ2n) is 6.08. The van der Waals surface area contributed by atoms with Gasteiger partial charge in [-0.25, -0.2) is 4.98 Å². The van der Waals surface area contributed by atoms with Crippen molar-refractivity contribution in [1.82, 2.24) is 9.97 Å². The van der Waals surface area contributed by atoms with Crippen molar-refractivity contribution in [2.24, 2.45) is 0 Å². The second-order valence-corrected chi connectivity index (χ2v) is 8.36. The minimum absolute atomic E-state index is 0.189. The summed E-state index contributed by atoms with van der Waals surface area (Å²) in [4.78, 5) is 10.3. The van der Waals surface area contributed by atoms with Crippen molar-refractivity contribution in [1.29, 1.82) is 0 Å². The molecule has 4 rings (SSSR count). The highest BCUT2D eigenvalue weighted by Crippen LogP contribution is 2.37. The van der Waals surface area contributed by atoms with Crippen molar-refractivity contribution < 1.29 is 4.74 Å². The number of halogens is 2. The molecule has 0 aromatic carbocycles. The fourth-order valence-electron chi connectivity index (χ4n) is 3.27. The van der Waals surface area contributed by atoms with Crippen LogP contribution in [0, 0.1) is 0 Å². The number of hydrogen-bond donors (Lipinski definition) is 0. The molecule has 0 aliphatic heterocycles. The number of pyridine rings is 2. The van der Waals surface area contributed by atoms with Crippen molar-refractivity contribution in [2.45, 2.75) is 37.7 Å². The molecule has 0 saturated heterocycles. The highest BCUT2D eigenvalue weighted by molar-refractivity contribution is 9.10. The van der Waals surface area contributed by atoms with E-state index in [0.29, 0.717) is 17.0 Å². The third-order valence-electron chi connectivity index (χ3n) is 4.48. The van der Waals surface area contributed by atoms with E-state index in [1.165, 1.54) is 4.88 Å². The van der Waals surface area contributed by atoms with E-state index in [2.05, 4.69) is 43.4 Å². The largest absolute Gasteiger partial charge is 0.474 e. The van der Waals surface area contributed by atoms with Crippen LogP contribution in [-0.2, 0) is 0 Å². The van der Waals surface area contributed by atoms with Gasteiger partial charge in [0.05, 0.1) is 10.9 Å². The van der Waals surface area contributed by atoms with E-state index >= 15 is 0 Å². The molecule has 1 aliphatic rings. The molecule has 0 radical (unpaired) electrons. The van der Waals surface area contributed by atoms with Gasteiger partial charge >= 0.3 is 0 Å². The molecule has 1 fully saturated rings. The van der Waals surface area contributed by atoms with Gasteiger partial charge in [-0.15, -0.1) is 11.3 Å². The maximum absolute atomic E-state index is 6.22. The highest BCUT2D eigenvalue weighted by atomic mass is 79.9. The number of ether oxygens (including phenoxy) is 1. The van der Waals surface area contributed by atoms with Gasteiger partial charge in [0.1, 0.15) is 11.3 Å². The van der Waals surface area contributed by atoms with Gasteiger partial charge in [-0.1, -0.05) is 17.7 Å². The number of aromatic nitrogens is 2. The first-order valence-electron chi connectivity index (χ1n) is 8.01. The Balaban J connectivity index is 1.52. The molecule has 1 aliphatic carbocycles. The first-order chi connectivity index (χ1) is 11.7. The number of thiophene rings is 1. The van der Waals surface area contributed by atoms with Gasteiger partial charge in [-0.2, -0.15) is 0 Å². The van der Waals surface area contributed by atoms with Crippen LogP contribution in [0.3, 0.4) is 0 Å². The molecule has 3 heterocycles. The summed E-state index contributed by atoms with van der Waals surface area (Å²) in [6.45, 7) is 0. The first-order valence-corrected chi connectivity index (χ1v) is 10.1. The fraction of sp³-hybridized carbons (Fsp3) is 0.333. The van der Waals surface area contributed by atoms with Crippen LogP contribution in [0.1, 0.15) is 36.5 Å². The lowest BCUT2D eigenvalue weighted by Crippen LogP contribution is -2.23. The topological polar surface area (TPSA) is 35.0 Å². The maximum atomic E-state index is 6.22. The minimum Gasteiger partial charge on any atom is -0.474 e. The van der Waals surface area contributed by atoms with Crippen LogP contribution in [0.5, 0.6) is 5.88 Å². The van der Waals surface area contributed by atoms with E-state index in [1.807, 2.05) is 17.4 Å². The van der Waals surface area contributed by atoms with E-state index in [-0.39, 0.29) is 6.10 Å². The zero-order valence-corrected chi connectivity index (χ0v) is 16.1. The molecule has 0 N–H and O–H groups in total. The zero-order valence-electron chi connectivity index (χ0n) is 12.9. The summed E-state index contributed by atoms with van der Waals surface area (Å²) in [7, 11) is 0. The predicted molar refractivity (Wildman–Crippen MR) is 102 cm³/mol. The van der Waals surface area contributed by atoms with E-state index in [9.17, 15) is 0 Å². The summed E-state index contributed by atoms with van der Waals surface area (Å²) >= 11 is 11.4. The Morgan fingerprint density at radius 3 is 2.79 bits per heavy atom. The molecular formula is C18H16BrClN2OS. The quantitative estimate of drug-likeness (QED) is 0.470. The predicted octanol–water partition coefficient (Wildman–Crippen LogP) is 6.21. The Kier molecular flexibility index (Phi) is 4.74. The monoisotopic (exact) mass is 422 g/mol. The van der Waals surface area contributed by atoms with Gasteiger partial charge in [-0.05, 0) is 65.0 Å². The molecule has 3 aromatic rings. The Bertz CT molecular complexity index is 848. The average Bonchev–Trinajstić information content (AvgIpc) is 3.11. The molecule has 0 amide bonds. The summed E-state index contributed by atoms with van der Waals surface area (Å²) in [5.41, 5.74) is 0.806. The van der Waals surface area contributed by atoms with E-state index in [1.54, 1.807) is 12.3 Å². The van der Waals surface area contributed by atoms with E-state index in [0.717, 1.165) is 41.1 Å². The Morgan fingerprint density at radius 1 is 1.21 bits per heavy atom. The van der Waals surface area contributed by atoms with Gasteiger partial charge in [0.25, 0.3) is 0 Å². The number of rotatable bonds is 3. The van der Waals surface area contributed by atoms with Crippen molar-refractivity contribution in [3.05, 3.63) is 50.3 Å². The van der Waals surface area contributed by atoms with Crippen LogP contribution in [-0.4, -0.2) is 16.1 Å². The van der Waals surface area contributed by atoms with Crippen LogP contribution in [0.2, 0.25) is 5.15 Å². The third kappa shape index (κ3) is 3.44. The van der Waals surface area contributed by atoms with Crippen LogP contribution in [0.4, 0.5) is 0 Å². The second kappa shape index (κ2) is 6.98. The highest BCUT2D eigenvalue weighted by Gasteiger charge is 2.25. The van der Waals surface area contributed by atoms with Crippen molar-refractivity contribution >= 4 is 49.8 Å². The standard InChI is InChI=1S/C18H16BrClN2OS/c19-12-8-14-15(21-10-12)9-17(20)22-18(14)23-13-5-3-11(4-6-13)16-2-1-7-24-16/h1-2,7-11,13H,3-6H2/t11-,13+. The fourth-order valence-corrected chi connectivity index (χ4v) is 4.69. The molecule has 1 saturated carbocycles. The average molecular weight is 424 g/mol. The molecule has 3 aromatic heterocycles. The van der Waals surface area contributed by atoms with E-state index in [4.69, 9.17) is 16.3 Å². The summed E-state index contributed by atoms with van der Waals surface area (Å²) in [6, 6.07) is 8.13. The van der Waals surface area contributed by atoms with Crippen LogP contribution in [0.25, 0.3) is 10.9 Å². The van der Waals surface area contributed by atoms with Crippen LogP contribution < -0.4 is 4.74 Å². The van der Waals surface area contributed by atoms with Gasteiger partial charge in [0.15, 0.2) is 0 Å². The lowest BCUT2D eigenvalue weighted by Gasteiger charge is -2.28. The molecule has 0 atom stereocenters. The Labute approximate surface area is 158 Å². The lowest BCUT2D eigenvalue weighted by atomic mass is 9.86. The van der Waals surface area contributed by atoms with Crippen LogP contribution >= 0.6 is 38.9 Å². The summed E-state index contributed by atoms with van der Waals surface area (Å²) in [6.07, 6.45) is 6.35. The van der Waals surface area contributed by atoms with Gasteiger partial charge in [0.2, 0.25) is 5.88 Å². The molecule has 0 bridgehead atoms. The molecule has 3 nitrogen and oxygen atoms in total. The van der Waals surface area contributed by atoms with Gasteiger partial charge in [-0.3, -0.25) is 4.98 Å². The molecule has 24 heavy (non-hydrogen) atoms. The summed E-state index contributed by atoms with van der Waals surface area (Å²) in [5.74, 6) is 1.26. The smallest absolute Gasteiger partial charge is 0.224 e. The van der Waals surface area contributed by atoms with Gasteiger partial charge in [0, 0.05) is 21.6 Å². The van der Waals surface area contributed by atoms with Crippen molar-refractivity contribution in [2.75, 3.05) is 0 Å². The minimum atomic E-state index is 0.189. The molecule has 6 heteroatoms. The SMILES string of the molecule is Clc1cc2ncc(Br)cc2c(O[C@H]2CC[C@@H](c3cccs3)CC2)n1. The first kappa shape index (κ1) is 16.3. The molecule has 124 valence electrons. The van der Waals surface area contributed by atoms with Crippen LogP contribution in [0.15, 0.2) is 40.3 Å². The zero-order chi connectivity index (χ0) is 16.5. The lowest BCUT2D eigenvalue weighted by molar-refractivity contribution is 0.143. The van der Waals surface area contributed by atoms with E-state index < -0.39 is 0 Å². The summed E-state index contributed by atoms with van der Waals surface area (Å²) in [5, 5.41) is 3.47. The molecular weight excluding hydrogens is 408 g/mol. The molecule has 0 unspecified atom stereocenters. The number of hydrogen-bond acceptors (Lipinski definition) is 4. The molecule has 0 spiro atoms. The Hall–Kier alpha value is -1.17.